The van der Waals surface area contributed by atoms with Crippen LogP contribution in [0.4, 0.5) is 0 Å². The van der Waals surface area contributed by atoms with Crippen LogP contribution >= 0.6 is 0 Å². The lowest BCUT2D eigenvalue weighted by molar-refractivity contribution is -0.136. The van der Waals surface area contributed by atoms with Crippen LogP contribution in [0.5, 0.6) is 11.5 Å². The molecule has 4 rings (SSSR count). The number of hydrogen-bond donors (Lipinski definition) is 1. The summed E-state index contributed by atoms with van der Waals surface area (Å²) in [7, 11) is 1.46. The maximum absolute atomic E-state index is 13.6. The number of rotatable bonds is 8. The molecule has 2 heterocycles. The van der Waals surface area contributed by atoms with Gasteiger partial charge in [0.1, 0.15) is 16.4 Å². The van der Waals surface area contributed by atoms with Crippen LogP contribution in [0.3, 0.4) is 0 Å². The minimum atomic E-state index is -1.61. The second-order valence-electron chi connectivity index (χ2n) is 7.11. The summed E-state index contributed by atoms with van der Waals surface area (Å²) in [6.07, 6.45) is 5.55. The van der Waals surface area contributed by atoms with Crippen molar-refractivity contribution in [1.29, 1.82) is 0 Å². The van der Waals surface area contributed by atoms with E-state index in [1.54, 1.807) is 47.9 Å². The summed E-state index contributed by atoms with van der Waals surface area (Å²) in [6.45, 7) is 0. The number of nitrogens with zero attached hydrogens (tertiary/aromatic N) is 2. The van der Waals surface area contributed by atoms with E-state index in [0.717, 1.165) is 27.6 Å². The normalized spacial score (nSPS) is 11.9. The molecule has 7 nitrogen and oxygen atoms in total. The number of aromatic nitrogens is 2. The van der Waals surface area contributed by atoms with E-state index in [1.165, 1.54) is 7.11 Å². The third-order valence-electron chi connectivity index (χ3n) is 5.19. The van der Waals surface area contributed by atoms with Crippen LogP contribution in [-0.2, 0) is 22.2 Å². The zero-order valence-electron chi connectivity index (χ0n) is 17.6. The first-order valence-electron chi connectivity index (χ1n) is 9.92. The van der Waals surface area contributed by atoms with Gasteiger partial charge in [0.2, 0.25) is 0 Å². The van der Waals surface area contributed by atoms with Gasteiger partial charge in [-0.2, -0.15) is 0 Å². The Morgan fingerprint density at radius 3 is 2.62 bits per heavy atom. The Kier molecular flexibility index (Phi) is 6.23. The number of methoxy groups -OCH3 is 2. The SMILES string of the molecule is COc1ccc(S(=O)n2cc(CCC(=O)O)c3cc(-c4cccnc4)ccc32)c(OC)c1. The van der Waals surface area contributed by atoms with Crippen molar-refractivity contribution in [3.05, 3.63) is 72.7 Å². The Morgan fingerprint density at radius 1 is 1.09 bits per heavy atom. The summed E-state index contributed by atoms with van der Waals surface area (Å²) in [4.78, 5) is 15.9. The first kappa shape index (κ1) is 21.6. The highest BCUT2D eigenvalue weighted by Gasteiger charge is 2.19. The molecule has 0 saturated carbocycles. The molecule has 2 aromatic carbocycles. The molecule has 0 saturated heterocycles. The van der Waals surface area contributed by atoms with Gasteiger partial charge in [0.15, 0.2) is 11.0 Å². The fourth-order valence-corrected chi connectivity index (χ4v) is 4.85. The molecule has 1 N–H and O–H groups in total. The second kappa shape index (κ2) is 9.23. The van der Waals surface area contributed by atoms with Crippen LogP contribution in [0.15, 0.2) is 72.0 Å². The van der Waals surface area contributed by atoms with E-state index < -0.39 is 17.0 Å². The Bertz CT molecular complexity index is 1300. The summed E-state index contributed by atoms with van der Waals surface area (Å²) in [5.74, 6) is 0.166. The molecular formula is C24H22N2O5S. The second-order valence-corrected chi connectivity index (χ2v) is 8.44. The maximum Gasteiger partial charge on any atom is 0.303 e. The van der Waals surface area contributed by atoms with E-state index in [-0.39, 0.29) is 6.42 Å². The number of benzene rings is 2. The van der Waals surface area contributed by atoms with E-state index >= 15 is 0 Å². The van der Waals surface area contributed by atoms with Crippen molar-refractivity contribution in [3.63, 3.8) is 0 Å². The highest BCUT2D eigenvalue weighted by atomic mass is 32.2. The fraction of sp³-hybridized carbons (Fsp3) is 0.167. The molecule has 0 aliphatic heterocycles. The van der Waals surface area contributed by atoms with Crippen molar-refractivity contribution in [2.75, 3.05) is 14.2 Å². The standard InChI is InChI=1S/C24H22N2O5S/c1-30-19-7-9-23(22(13-19)31-2)32(29)26-15-18(6-10-24(27)28)20-12-16(5-8-21(20)26)17-4-3-11-25-14-17/h3-5,7-9,11-15H,6,10H2,1-2H3,(H,27,28). The first-order chi connectivity index (χ1) is 15.5. The van der Waals surface area contributed by atoms with Crippen LogP contribution in [0.25, 0.3) is 22.0 Å². The number of carboxylic acid groups (broad SMARTS) is 1. The summed E-state index contributed by atoms with van der Waals surface area (Å²) < 4.78 is 25.9. The van der Waals surface area contributed by atoms with Crippen molar-refractivity contribution in [2.24, 2.45) is 0 Å². The Labute approximate surface area is 187 Å². The van der Waals surface area contributed by atoms with E-state index in [1.807, 2.05) is 30.3 Å². The quantitative estimate of drug-likeness (QED) is 0.430. The van der Waals surface area contributed by atoms with Gasteiger partial charge in [0.05, 0.1) is 19.7 Å². The van der Waals surface area contributed by atoms with Gasteiger partial charge in [-0.3, -0.25) is 13.8 Å². The van der Waals surface area contributed by atoms with Gasteiger partial charge in [0, 0.05) is 42.0 Å². The smallest absolute Gasteiger partial charge is 0.303 e. The van der Waals surface area contributed by atoms with Crippen LogP contribution in [0.1, 0.15) is 12.0 Å². The average molecular weight is 451 g/mol. The number of aryl methyl sites for hydroxylation is 1. The van der Waals surface area contributed by atoms with Gasteiger partial charge in [-0.25, -0.2) is 4.21 Å². The summed E-state index contributed by atoms with van der Waals surface area (Å²) in [6, 6.07) is 14.8. The molecule has 164 valence electrons. The van der Waals surface area contributed by atoms with Gasteiger partial charge < -0.3 is 14.6 Å². The number of carbonyl (C=O) groups is 1. The highest BCUT2D eigenvalue weighted by molar-refractivity contribution is 7.83. The number of carboxylic acids is 1. The summed E-state index contributed by atoms with van der Waals surface area (Å²) >= 11 is 0. The molecule has 0 aliphatic rings. The molecule has 0 amide bonds. The molecule has 8 heteroatoms. The highest BCUT2D eigenvalue weighted by Crippen LogP contribution is 2.33. The predicted octanol–water partition coefficient (Wildman–Crippen LogP) is 4.31. The molecule has 32 heavy (non-hydrogen) atoms. The average Bonchev–Trinajstić information content (AvgIpc) is 3.20. The third-order valence-corrected chi connectivity index (χ3v) is 6.57. The van der Waals surface area contributed by atoms with Gasteiger partial charge in [0.25, 0.3) is 0 Å². The number of ether oxygens (including phenoxy) is 2. The number of fused-ring (bicyclic) bond motifs is 1. The topological polar surface area (TPSA) is 90.7 Å². The van der Waals surface area contributed by atoms with E-state index in [2.05, 4.69) is 4.98 Å². The molecular weight excluding hydrogens is 428 g/mol. The molecule has 0 aliphatic carbocycles. The predicted molar refractivity (Wildman–Crippen MR) is 122 cm³/mol. The van der Waals surface area contributed by atoms with E-state index in [4.69, 9.17) is 9.47 Å². The van der Waals surface area contributed by atoms with E-state index in [9.17, 15) is 14.1 Å². The van der Waals surface area contributed by atoms with Gasteiger partial charge in [-0.15, -0.1) is 0 Å². The van der Waals surface area contributed by atoms with Gasteiger partial charge in [-0.05, 0) is 47.9 Å². The lowest BCUT2D eigenvalue weighted by Crippen LogP contribution is -2.05. The molecule has 2 aromatic heterocycles. The zero-order valence-corrected chi connectivity index (χ0v) is 18.5. The molecule has 1 atom stereocenters. The Hall–Kier alpha value is -3.65. The molecule has 0 spiro atoms. The lowest BCUT2D eigenvalue weighted by atomic mass is 10.0. The number of aliphatic carboxylic acids is 1. The monoisotopic (exact) mass is 450 g/mol. The minimum Gasteiger partial charge on any atom is -0.497 e. The summed E-state index contributed by atoms with van der Waals surface area (Å²) in [5, 5.41) is 10.0. The van der Waals surface area contributed by atoms with Crippen LogP contribution in [0, 0.1) is 0 Å². The molecule has 0 fully saturated rings. The Morgan fingerprint density at radius 2 is 1.94 bits per heavy atom. The fourth-order valence-electron chi connectivity index (χ4n) is 3.58. The van der Waals surface area contributed by atoms with Crippen molar-refractivity contribution in [2.45, 2.75) is 17.7 Å². The number of hydrogen-bond acceptors (Lipinski definition) is 5. The van der Waals surface area contributed by atoms with Crippen molar-refractivity contribution < 1.29 is 23.6 Å². The van der Waals surface area contributed by atoms with Crippen molar-refractivity contribution in [1.82, 2.24) is 8.96 Å². The molecule has 0 radical (unpaired) electrons. The van der Waals surface area contributed by atoms with Gasteiger partial charge >= 0.3 is 5.97 Å². The maximum atomic E-state index is 13.6. The van der Waals surface area contributed by atoms with Crippen LogP contribution in [-0.4, -0.2) is 38.5 Å². The van der Waals surface area contributed by atoms with Gasteiger partial charge in [-0.1, -0.05) is 12.1 Å². The molecule has 0 bridgehead atoms. The lowest BCUT2D eigenvalue weighted by Gasteiger charge is -2.11. The van der Waals surface area contributed by atoms with E-state index in [0.29, 0.717) is 22.8 Å². The van der Waals surface area contributed by atoms with Crippen molar-refractivity contribution >= 4 is 27.9 Å². The molecule has 1 unspecified atom stereocenters. The Balaban J connectivity index is 1.84. The first-order valence-corrected chi connectivity index (χ1v) is 11.0. The zero-order chi connectivity index (χ0) is 22.7. The number of pyridine rings is 1. The van der Waals surface area contributed by atoms with Crippen LogP contribution < -0.4 is 9.47 Å². The van der Waals surface area contributed by atoms with Crippen LogP contribution in [0.2, 0.25) is 0 Å². The summed E-state index contributed by atoms with van der Waals surface area (Å²) in [5.41, 5.74) is 3.46. The molecule has 4 aromatic rings. The minimum absolute atomic E-state index is 0.0191. The largest absolute Gasteiger partial charge is 0.497 e. The third kappa shape index (κ3) is 4.22. The van der Waals surface area contributed by atoms with Crippen molar-refractivity contribution in [3.8, 4) is 22.6 Å².